The molecule has 0 radical (unpaired) electrons. The van der Waals surface area contributed by atoms with Gasteiger partial charge in [-0.3, -0.25) is 0 Å². The number of halogens is 2. The molecule has 0 bridgehead atoms. The first-order valence-corrected chi connectivity index (χ1v) is 7.15. The number of nitrogens with zero attached hydrogens (tertiary/aromatic N) is 2. The number of thiophene rings is 1. The van der Waals surface area contributed by atoms with Crippen molar-refractivity contribution in [2.75, 3.05) is 12.4 Å². The van der Waals surface area contributed by atoms with Crippen LogP contribution in [-0.2, 0) is 0 Å². The fraction of sp³-hybridized carbons (Fsp3) is 0.0769. The average Bonchev–Trinajstić information content (AvgIpc) is 2.84. The fourth-order valence-electron chi connectivity index (χ4n) is 1.84. The van der Waals surface area contributed by atoms with Gasteiger partial charge in [0.1, 0.15) is 5.82 Å². The topological polar surface area (TPSA) is 37.8 Å². The molecular formula is C13H9Cl2N3S. The molecule has 3 nitrogen and oxygen atoms in total. The van der Waals surface area contributed by atoms with Crippen molar-refractivity contribution in [2.24, 2.45) is 0 Å². The maximum Gasteiger partial charge on any atom is 0.172 e. The standard InChI is InChI=1S/C13H9Cl2N3S/c1-16-12-8-6-7(14)2-3-9(8)17-13(18-12)10-4-5-11(15)19-10/h2-6H,1H3,(H,16,17,18). The highest BCUT2D eigenvalue weighted by Gasteiger charge is 2.10. The third kappa shape index (κ3) is 2.39. The number of hydrogen-bond acceptors (Lipinski definition) is 4. The van der Waals surface area contributed by atoms with E-state index in [0.29, 0.717) is 10.8 Å². The molecule has 6 heteroatoms. The van der Waals surface area contributed by atoms with Crippen molar-refractivity contribution in [1.82, 2.24) is 9.97 Å². The van der Waals surface area contributed by atoms with E-state index in [9.17, 15) is 0 Å². The number of hydrogen-bond donors (Lipinski definition) is 1. The molecule has 3 rings (SSSR count). The summed E-state index contributed by atoms with van der Waals surface area (Å²) in [4.78, 5) is 10.0. The lowest BCUT2D eigenvalue weighted by atomic mass is 10.2. The molecule has 2 heterocycles. The van der Waals surface area contributed by atoms with Gasteiger partial charge in [-0.25, -0.2) is 9.97 Å². The van der Waals surface area contributed by atoms with E-state index in [2.05, 4.69) is 15.3 Å². The van der Waals surface area contributed by atoms with Crippen LogP contribution in [0.25, 0.3) is 21.6 Å². The van der Waals surface area contributed by atoms with Crippen molar-refractivity contribution < 1.29 is 0 Å². The zero-order chi connectivity index (χ0) is 13.4. The quantitative estimate of drug-likeness (QED) is 0.745. The summed E-state index contributed by atoms with van der Waals surface area (Å²) in [5.41, 5.74) is 0.850. The Kier molecular flexibility index (Phi) is 3.31. The lowest BCUT2D eigenvalue weighted by Gasteiger charge is -2.07. The van der Waals surface area contributed by atoms with Crippen LogP contribution in [0.3, 0.4) is 0 Å². The van der Waals surface area contributed by atoms with Crippen LogP contribution in [0.2, 0.25) is 9.36 Å². The number of benzene rings is 1. The molecule has 0 atom stereocenters. The van der Waals surface area contributed by atoms with Crippen LogP contribution in [0.1, 0.15) is 0 Å². The molecule has 1 N–H and O–H groups in total. The number of rotatable bonds is 2. The Morgan fingerprint density at radius 2 is 1.95 bits per heavy atom. The molecule has 19 heavy (non-hydrogen) atoms. The van der Waals surface area contributed by atoms with Gasteiger partial charge in [0.15, 0.2) is 5.82 Å². The van der Waals surface area contributed by atoms with Crippen molar-refractivity contribution >= 4 is 51.3 Å². The highest BCUT2D eigenvalue weighted by Crippen LogP contribution is 2.32. The fourth-order valence-corrected chi connectivity index (χ4v) is 2.99. The smallest absolute Gasteiger partial charge is 0.172 e. The van der Waals surface area contributed by atoms with Gasteiger partial charge in [0.05, 0.1) is 14.7 Å². The minimum absolute atomic E-state index is 0.663. The second kappa shape index (κ2) is 4.96. The minimum atomic E-state index is 0.663. The summed E-state index contributed by atoms with van der Waals surface area (Å²) in [6.07, 6.45) is 0. The molecule has 0 aliphatic rings. The summed E-state index contributed by atoms with van der Waals surface area (Å²) in [6, 6.07) is 9.33. The lowest BCUT2D eigenvalue weighted by molar-refractivity contribution is 1.22. The molecule has 0 saturated heterocycles. The third-order valence-electron chi connectivity index (χ3n) is 2.69. The van der Waals surface area contributed by atoms with E-state index in [0.717, 1.165) is 25.9 Å². The number of aromatic nitrogens is 2. The van der Waals surface area contributed by atoms with Crippen LogP contribution in [0.15, 0.2) is 30.3 Å². The van der Waals surface area contributed by atoms with E-state index in [1.54, 1.807) is 0 Å². The largest absolute Gasteiger partial charge is 0.373 e. The predicted molar refractivity (Wildman–Crippen MR) is 82.4 cm³/mol. The first-order valence-electron chi connectivity index (χ1n) is 5.58. The maximum atomic E-state index is 6.01. The molecule has 96 valence electrons. The normalized spacial score (nSPS) is 10.9. The monoisotopic (exact) mass is 309 g/mol. The second-order valence-corrected chi connectivity index (χ2v) is 6.06. The zero-order valence-electron chi connectivity index (χ0n) is 9.95. The molecule has 0 spiro atoms. The van der Waals surface area contributed by atoms with Gasteiger partial charge in [-0.1, -0.05) is 23.2 Å². The Bertz CT molecular complexity index is 755. The Labute approximate surface area is 124 Å². The summed E-state index contributed by atoms with van der Waals surface area (Å²) in [6.45, 7) is 0. The van der Waals surface area contributed by atoms with Gasteiger partial charge in [-0.2, -0.15) is 0 Å². The van der Waals surface area contributed by atoms with Crippen LogP contribution in [-0.4, -0.2) is 17.0 Å². The van der Waals surface area contributed by atoms with Gasteiger partial charge in [0.25, 0.3) is 0 Å². The van der Waals surface area contributed by atoms with Crippen LogP contribution >= 0.6 is 34.5 Å². The summed E-state index contributed by atoms with van der Waals surface area (Å²) in [7, 11) is 1.83. The third-order valence-corrected chi connectivity index (χ3v) is 4.15. The number of fused-ring (bicyclic) bond motifs is 1. The van der Waals surface area contributed by atoms with Gasteiger partial charge in [-0.05, 0) is 30.3 Å². The van der Waals surface area contributed by atoms with E-state index in [-0.39, 0.29) is 0 Å². The molecule has 3 aromatic rings. The molecule has 0 aliphatic heterocycles. The molecule has 0 saturated carbocycles. The predicted octanol–water partition coefficient (Wildman–Crippen LogP) is 4.71. The Morgan fingerprint density at radius 3 is 2.63 bits per heavy atom. The van der Waals surface area contributed by atoms with Crippen LogP contribution in [0.4, 0.5) is 5.82 Å². The first kappa shape index (κ1) is 12.7. The van der Waals surface area contributed by atoms with Gasteiger partial charge in [-0.15, -0.1) is 11.3 Å². The van der Waals surface area contributed by atoms with Crippen LogP contribution < -0.4 is 5.32 Å². The zero-order valence-corrected chi connectivity index (χ0v) is 12.3. The van der Waals surface area contributed by atoms with Crippen molar-refractivity contribution in [3.8, 4) is 10.7 Å². The lowest BCUT2D eigenvalue weighted by Crippen LogP contribution is -1.97. The van der Waals surface area contributed by atoms with E-state index in [4.69, 9.17) is 23.2 Å². The molecule has 1 aromatic carbocycles. The number of nitrogens with one attached hydrogen (secondary N) is 1. The summed E-state index contributed by atoms with van der Waals surface area (Å²) in [5, 5.41) is 4.65. The molecule has 0 unspecified atom stereocenters. The SMILES string of the molecule is CNc1nc(-c2ccc(Cl)s2)nc2ccc(Cl)cc12. The highest BCUT2D eigenvalue weighted by molar-refractivity contribution is 7.19. The van der Waals surface area contributed by atoms with Gasteiger partial charge in [0, 0.05) is 17.5 Å². The number of anilines is 1. The minimum Gasteiger partial charge on any atom is -0.373 e. The van der Waals surface area contributed by atoms with Crippen molar-refractivity contribution in [1.29, 1.82) is 0 Å². The average molecular weight is 310 g/mol. The van der Waals surface area contributed by atoms with E-state index in [1.807, 2.05) is 37.4 Å². The summed E-state index contributed by atoms with van der Waals surface area (Å²) < 4.78 is 0.723. The van der Waals surface area contributed by atoms with Crippen LogP contribution in [0, 0.1) is 0 Å². The van der Waals surface area contributed by atoms with Gasteiger partial charge < -0.3 is 5.32 Å². The molecule has 0 amide bonds. The maximum absolute atomic E-state index is 6.01. The van der Waals surface area contributed by atoms with Crippen molar-refractivity contribution in [2.45, 2.75) is 0 Å². The Morgan fingerprint density at radius 1 is 1.11 bits per heavy atom. The summed E-state index contributed by atoms with van der Waals surface area (Å²) in [5.74, 6) is 1.42. The molecular weight excluding hydrogens is 301 g/mol. The molecule has 2 aromatic heterocycles. The molecule has 0 aliphatic carbocycles. The van der Waals surface area contributed by atoms with E-state index >= 15 is 0 Å². The van der Waals surface area contributed by atoms with Crippen molar-refractivity contribution in [3.05, 3.63) is 39.7 Å². The highest BCUT2D eigenvalue weighted by atomic mass is 35.5. The Balaban J connectivity index is 2.25. The molecule has 0 fully saturated rings. The summed E-state index contributed by atoms with van der Waals surface area (Å²) >= 11 is 13.4. The second-order valence-electron chi connectivity index (χ2n) is 3.91. The van der Waals surface area contributed by atoms with Crippen molar-refractivity contribution in [3.63, 3.8) is 0 Å². The van der Waals surface area contributed by atoms with E-state index in [1.165, 1.54) is 11.3 Å². The van der Waals surface area contributed by atoms with Crippen LogP contribution in [0.5, 0.6) is 0 Å². The first-order chi connectivity index (χ1) is 9.17. The van der Waals surface area contributed by atoms with Gasteiger partial charge in [0.2, 0.25) is 0 Å². The van der Waals surface area contributed by atoms with E-state index < -0.39 is 0 Å². The van der Waals surface area contributed by atoms with Gasteiger partial charge >= 0.3 is 0 Å². The Hall–Kier alpha value is -1.36.